The summed E-state index contributed by atoms with van der Waals surface area (Å²) in [7, 11) is 0. The second kappa shape index (κ2) is 7.09. The number of hydrogen-bond acceptors (Lipinski definition) is 4. The van der Waals surface area contributed by atoms with Crippen molar-refractivity contribution in [1.29, 1.82) is 0 Å². The van der Waals surface area contributed by atoms with Gasteiger partial charge < -0.3 is 14.5 Å². The van der Waals surface area contributed by atoms with Gasteiger partial charge in [0.2, 0.25) is 0 Å². The van der Waals surface area contributed by atoms with Gasteiger partial charge in [0, 0.05) is 11.8 Å². The van der Waals surface area contributed by atoms with Crippen LogP contribution < -0.4 is 5.32 Å². The monoisotopic (exact) mass is 285 g/mol. The maximum absolute atomic E-state index is 11.7. The fraction of sp³-hybridized carbons (Fsp3) is 0.125. The van der Waals surface area contributed by atoms with Crippen molar-refractivity contribution in [1.82, 2.24) is 0 Å². The fourth-order valence-corrected chi connectivity index (χ4v) is 1.62. The minimum atomic E-state index is -0.605. The number of para-hydroxylation sites is 1. The third-order valence-electron chi connectivity index (χ3n) is 2.69. The quantitative estimate of drug-likeness (QED) is 0.677. The molecule has 5 heteroatoms. The Balaban J connectivity index is 1.79. The predicted octanol–water partition coefficient (Wildman–Crippen LogP) is 2.78. The Morgan fingerprint density at radius 1 is 1.24 bits per heavy atom. The van der Waals surface area contributed by atoms with Crippen LogP contribution in [-0.2, 0) is 14.3 Å². The summed E-state index contributed by atoms with van der Waals surface area (Å²) in [6.07, 6.45) is 4.18. The first-order chi connectivity index (χ1) is 10.1. The first kappa shape index (κ1) is 14.6. The van der Waals surface area contributed by atoms with Crippen molar-refractivity contribution in [3.05, 3.63) is 60.1 Å². The molecule has 108 valence electrons. The second-order valence-corrected chi connectivity index (χ2v) is 4.32. The Hall–Kier alpha value is -2.82. The molecule has 1 aromatic carbocycles. The van der Waals surface area contributed by atoms with Gasteiger partial charge in [-0.15, -0.1) is 0 Å². The molecule has 2 rings (SSSR count). The Morgan fingerprint density at radius 2 is 2.05 bits per heavy atom. The van der Waals surface area contributed by atoms with Crippen LogP contribution in [0.1, 0.15) is 11.3 Å². The number of esters is 1. The summed E-state index contributed by atoms with van der Waals surface area (Å²) in [5, 5.41) is 2.68. The number of furan rings is 1. The molecule has 2 aromatic rings. The van der Waals surface area contributed by atoms with Gasteiger partial charge in [-0.25, -0.2) is 4.79 Å². The highest BCUT2D eigenvalue weighted by molar-refractivity contribution is 5.95. The Bertz CT molecular complexity index is 644. The first-order valence-electron chi connectivity index (χ1n) is 6.39. The van der Waals surface area contributed by atoms with Gasteiger partial charge in [0.15, 0.2) is 6.61 Å². The summed E-state index contributed by atoms with van der Waals surface area (Å²) in [4.78, 5) is 23.1. The van der Waals surface area contributed by atoms with E-state index in [2.05, 4.69) is 5.32 Å². The molecule has 0 aliphatic rings. The topological polar surface area (TPSA) is 68.5 Å². The Kier molecular flexibility index (Phi) is 4.93. The highest BCUT2D eigenvalue weighted by Gasteiger charge is 2.06. The van der Waals surface area contributed by atoms with E-state index in [1.54, 1.807) is 18.2 Å². The normalized spacial score (nSPS) is 10.5. The van der Waals surface area contributed by atoms with Crippen molar-refractivity contribution >= 4 is 23.6 Å². The number of anilines is 1. The molecule has 0 saturated carbocycles. The molecular weight excluding hydrogens is 270 g/mol. The number of nitrogens with one attached hydrogen (secondary N) is 1. The molecule has 0 saturated heterocycles. The van der Waals surface area contributed by atoms with Gasteiger partial charge in [0.05, 0.1) is 6.26 Å². The van der Waals surface area contributed by atoms with E-state index >= 15 is 0 Å². The van der Waals surface area contributed by atoms with E-state index in [1.807, 2.05) is 25.1 Å². The maximum Gasteiger partial charge on any atom is 0.331 e. The molecule has 5 nitrogen and oxygen atoms in total. The molecule has 0 unspecified atom stereocenters. The lowest BCUT2D eigenvalue weighted by molar-refractivity contribution is -0.142. The maximum atomic E-state index is 11.7. The molecule has 0 bridgehead atoms. The first-order valence-corrected chi connectivity index (χ1v) is 6.39. The molecule has 1 heterocycles. The summed E-state index contributed by atoms with van der Waals surface area (Å²) >= 11 is 0. The van der Waals surface area contributed by atoms with Gasteiger partial charge in [0.1, 0.15) is 5.76 Å². The van der Waals surface area contributed by atoms with Crippen molar-refractivity contribution in [3.8, 4) is 0 Å². The standard InChI is InChI=1S/C16H15NO4/c1-12-5-2-3-7-14(12)17-15(18)11-21-16(19)9-8-13-6-4-10-20-13/h2-10H,11H2,1H3,(H,17,18). The zero-order valence-electron chi connectivity index (χ0n) is 11.5. The number of carbonyl (C=O) groups excluding carboxylic acids is 2. The lowest BCUT2D eigenvalue weighted by atomic mass is 10.2. The molecule has 0 aliphatic carbocycles. The fourth-order valence-electron chi connectivity index (χ4n) is 1.62. The molecule has 0 radical (unpaired) electrons. The van der Waals surface area contributed by atoms with E-state index in [0.29, 0.717) is 11.4 Å². The van der Waals surface area contributed by atoms with Crippen molar-refractivity contribution in [2.75, 3.05) is 11.9 Å². The van der Waals surface area contributed by atoms with Gasteiger partial charge in [-0.05, 0) is 36.8 Å². The van der Waals surface area contributed by atoms with Crippen LogP contribution >= 0.6 is 0 Å². The van der Waals surface area contributed by atoms with Crippen LogP contribution in [0, 0.1) is 6.92 Å². The van der Waals surface area contributed by atoms with Crippen LogP contribution in [0.5, 0.6) is 0 Å². The minimum absolute atomic E-state index is 0.338. The molecule has 1 amide bonds. The van der Waals surface area contributed by atoms with Gasteiger partial charge in [-0.2, -0.15) is 0 Å². The average Bonchev–Trinajstić information content (AvgIpc) is 2.99. The Morgan fingerprint density at radius 3 is 2.76 bits per heavy atom. The summed E-state index contributed by atoms with van der Waals surface area (Å²) in [6.45, 7) is 1.55. The van der Waals surface area contributed by atoms with Crippen LogP contribution in [0.15, 0.2) is 53.2 Å². The van der Waals surface area contributed by atoms with Crippen molar-refractivity contribution in [2.45, 2.75) is 6.92 Å². The second-order valence-electron chi connectivity index (χ2n) is 4.32. The van der Waals surface area contributed by atoms with E-state index in [1.165, 1.54) is 18.4 Å². The molecule has 0 spiro atoms. The third-order valence-corrected chi connectivity index (χ3v) is 2.69. The number of ether oxygens (including phenoxy) is 1. The largest absolute Gasteiger partial charge is 0.465 e. The number of carbonyl (C=O) groups is 2. The van der Waals surface area contributed by atoms with Crippen molar-refractivity contribution in [2.24, 2.45) is 0 Å². The minimum Gasteiger partial charge on any atom is -0.465 e. The number of benzene rings is 1. The van der Waals surface area contributed by atoms with Crippen LogP contribution in [0.2, 0.25) is 0 Å². The van der Waals surface area contributed by atoms with Crippen LogP contribution in [0.25, 0.3) is 6.08 Å². The summed E-state index contributed by atoms with van der Waals surface area (Å²) in [5.74, 6) is -0.452. The summed E-state index contributed by atoms with van der Waals surface area (Å²) < 4.78 is 9.86. The van der Waals surface area contributed by atoms with Gasteiger partial charge >= 0.3 is 5.97 Å². The zero-order valence-corrected chi connectivity index (χ0v) is 11.5. The number of aryl methyl sites for hydroxylation is 1. The van der Waals surface area contributed by atoms with Crippen molar-refractivity contribution in [3.63, 3.8) is 0 Å². The zero-order chi connectivity index (χ0) is 15.1. The number of amides is 1. The van der Waals surface area contributed by atoms with Crippen LogP contribution in [-0.4, -0.2) is 18.5 Å². The Labute approximate surface area is 122 Å². The third kappa shape index (κ3) is 4.65. The van der Waals surface area contributed by atoms with Crippen molar-refractivity contribution < 1.29 is 18.7 Å². The molecule has 0 fully saturated rings. The summed E-state index contributed by atoms with van der Waals surface area (Å²) in [6, 6.07) is 10.8. The lowest BCUT2D eigenvalue weighted by Crippen LogP contribution is -2.20. The van der Waals surface area contributed by atoms with E-state index < -0.39 is 5.97 Å². The lowest BCUT2D eigenvalue weighted by Gasteiger charge is -2.07. The molecular formula is C16H15NO4. The van der Waals surface area contributed by atoms with E-state index in [9.17, 15) is 9.59 Å². The average molecular weight is 285 g/mol. The SMILES string of the molecule is Cc1ccccc1NC(=O)COC(=O)C=Cc1ccco1. The van der Waals surface area contributed by atoms with Crippen LogP contribution in [0.3, 0.4) is 0 Å². The molecule has 1 N–H and O–H groups in total. The highest BCUT2D eigenvalue weighted by Crippen LogP contribution is 2.12. The van der Waals surface area contributed by atoms with Gasteiger partial charge in [-0.3, -0.25) is 4.79 Å². The number of hydrogen-bond donors (Lipinski definition) is 1. The van der Waals surface area contributed by atoms with Crippen LogP contribution in [0.4, 0.5) is 5.69 Å². The molecule has 1 aromatic heterocycles. The molecule has 0 atom stereocenters. The van der Waals surface area contributed by atoms with Gasteiger partial charge in [0.25, 0.3) is 5.91 Å². The molecule has 21 heavy (non-hydrogen) atoms. The smallest absolute Gasteiger partial charge is 0.331 e. The molecule has 0 aliphatic heterocycles. The van der Waals surface area contributed by atoms with E-state index in [0.717, 1.165) is 5.56 Å². The number of rotatable bonds is 5. The highest BCUT2D eigenvalue weighted by atomic mass is 16.5. The van der Waals surface area contributed by atoms with E-state index in [-0.39, 0.29) is 12.5 Å². The van der Waals surface area contributed by atoms with E-state index in [4.69, 9.17) is 9.15 Å². The van der Waals surface area contributed by atoms with Gasteiger partial charge in [-0.1, -0.05) is 18.2 Å². The summed E-state index contributed by atoms with van der Waals surface area (Å²) in [5.41, 5.74) is 1.64. The predicted molar refractivity (Wildman–Crippen MR) is 78.5 cm³/mol.